The van der Waals surface area contributed by atoms with E-state index >= 15 is 8.78 Å². The number of rotatable bonds is 21. The molecule has 0 fully saturated rings. The van der Waals surface area contributed by atoms with Gasteiger partial charge in [-0.2, -0.15) is 0 Å². The third-order valence-electron chi connectivity index (χ3n) is 22.1. The van der Waals surface area contributed by atoms with Gasteiger partial charge < -0.3 is 28.5 Å². The second-order valence-electron chi connectivity index (χ2n) is 34.9. The normalized spacial score (nSPS) is 12.4. The molecule has 556 valence electrons. The highest BCUT2D eigenvalue weighted by atomic mass is 19.1. The molecule has 0 radical (unpaired) electrons. The number of halogens is 2. The number of nitrogens with zero attached hydrogens (tertiary/aromatic N) is 2. The van der Waals surface area contributed by atoms with Gasteiger partial charge in [0.1, 0.15) is 35.5 Å². The topological polar surface area (TPSA) is 62.2 Å². The lowest BCUT2D eigenvalue weighted by atomic mass is 9.71. The lowest BCUT2D eigenvalue weighted by Crippen LogP contribution is -2.25. The molecule has 0 atom stereocenters. The van der Waals surface area contributed by atoms with E-state index in [9.17, 15) is 10.2 Å². The number of phenols is 2. The average Bonchev–Trinajstić information content (AvgIpc) is 1.61. The average molecular weight is 1450 g/mol. The fourth-order valence-corrected chi connectivity index (χ4v) is 17.4. The second-order valence-corrected chi connectivity index (χ2v) is 34.9. The van der Waals surface area contributed by atoms with Crippen LogP contribution in [0.3, 0.4) is 0 Å². The molecule has 2 aromatic heterocycles. The van der Waals surface area contributed by atoms with E-state index in [2.05, 4.69) is 306 Å². The monoisotopic (exact) mass is 1450 g/mol. The Bertz CT molecular complexity index is 5570. The van der Waals surface area contributed by atoms with Crippen molar-refractivity contribution in [2.45, 2.75) is 159 Å². The summed E-state index contributed by atoms with van der Waals surface area (Å²) in [6.07, 6.45) is 2.74. The van der Waals surface area contributed by atoms with Crippen molar-refractivity contribution in [1.82, 2.24) is 9.13 Å². The van der Waals surface area contributed by atoms with Gasteiger partial charge >= 0.3 is 0 Å². The first-order chi connectivity index (χ1) is 51.8. The van der Waals surface area contributed by atoms with Gasteiger partial charge in [0, 0.05) is 50.2 Å². The minimum Gasteiger partial charge on any atom is -0.711 e. The van der Waals surface area contributed by atoms with Crippen LogP contribution in [0.1, 0.15) is 168 Å². The molecule has 14 aromatic rings. The van der Waals surface area contributed by atoms with E-state index in [4.69, 9.17) is 4.74 Å². The largest absolute Gasteiger partial charge is 0.711 e. The van der Waals surface area contributed by atoms with E-state index in [-0.39, 0.29) is 28.9 Å². The number of aromatic hydroxyl groups is 2. The summed E-state index contributed by atoms with van der Waals surface area (Å²) in [6, 6.07) is 79.3. The fraction of sp³-hybridized carbons (Fsp3) is 0.277. The van der Waals surface area contributed by atoms with E-state index in [1.165, 1.54) is 35.4 Å². The molecular formula is C101H104F2N2O4. The van der Waals surface area contributed by atoms with Crippen molar-refractivity contribution in [2.24, 2.45) is 10.8 Å². The van der Waals surface area contributed by atoms with Crippen molar-refractivity contribution in [1.29, 1.82) is 0 Å². The third kappa shape index (κ3) is 15.2. The van der Waals surface area contributed by atoms with Crippen LogP contribution in [0.2, 0.25) is 0 Å². The van der Waals surface area contributed by atoms with Gasteiger partial charge in [0.25, 0.3) is 0 Å². The summed E-state index contributed by atoms with van der Waals surface area (Å²) in [7, 11) is 4.63. The van der Waals surface area contributed by atoms with Crippen LogP contribution in [-0.2, 0) is 15.2 Å². The lowest BCUT2D eigenvalue weighted by molar-refractivity contribution is 0.0272. The standard InChI is InChI=1S/C101H104F2N2O4/c1-62(2)68-32-26-34-70(48-68)74-38-42-82-83-43-39-75(71-35-27-33-69(49-71)63(3)4)53-91(83)105(90(82)52-74)93-57-77(101(15,16)61-99(10,11)12)55-85(95(93)107)87-59-79(103)47-65(6)97(87)109(17)45-25-24-44-108-96-64(5)46-78(102)58-86(96)84-54-76(100(13,14)60-98(7,8)9)56-92(94(84)106)104-88-50-72(66-28-20-18-21-29-66)36-40-80(88)81-41-37-73(51-89(81)104)67-30-22-19-23-31-67/h18-23,26-43,46-59,62-63,106-107H,17,24-25,44-45,60-61H2,1-16H3. The summed E-state index contributed by atoms with van der Waals surface area (Å²) in [4.78, 5) is 0. The Balaban J connectivity index is 0.847. The summed E-state index contributed by atoms with van der Waals surface area (Å²) < 4.78 is 47.6. The SMILES string of the molecule is [CH2-][O+](CCCCOc1c(C)cc(F)cc1-c1cc(C(C)(C)CC(C)(C)C)cc(-n2c3cc(-c4ccccc4)ccc3c3ccc(-c4ccccc4)cc32)c1O)c1c(C)cc(F)cc1-c1cc(C(C)(C)CC(C)(C)C)cc(-n2c3cc(-c4cccc(C(C)C)c4)ccc3c3ccc(-c4cccc(C(C)C)c4)cc32)c1O. The van der Waals surface area contributed by atoms with Gasteiger partial charge in [-0.3, -0.25) is 0 Å². The van der Waals surface area contributed by atoms with Gasteiger partial charge in [-0.15, -0.1) is 0 Å². The maximum absolute atomic E-state index is 16.7. The van der Waals surface area contributed by atoms with Crippen molar-refractivity contribution in [3.05, 3.63) is 283 Å². The molecule has 0 unspecified atom stereocenters. The fourth-order valence-electron chi connectivity index (χ4n) is 17.4. The first-order valence-electron chi connectivity index (χ1n) is 38.8. The maximum Gasteiger partial charge on any atom is 0.237 e. The van der Waals surface area contributed by atoms with Gasteiger partial charge in [-0.25, -0.2) is 8.78 Å². The Morgan fingerprint density at radius 1 is 0.394 bits per heavy atom. The molecule has 0 saturated heterocycles. The molecule has 109 heavy (non-hydrogen) atoms. The van der Waals surface area contributed by atoms with Crippen LogP contribution < -0.4 is 4.74 Å². The Kier molecular flexibility index (Phi) is 20.2. The van der Waals surface area contributed by atoms with E-state index < -0.39 is 22.5 Å². The van der Waals surface area contributed by atoms with Crippen molar-refractivity contribution in [3.63, 3.8) is 0 Å². The molecule has 2 N–H and O–H groups in total. The first kappa shape index (κ1) is 75.1. The van der Waals surface area contributed by atoms with Gasteiger partial charge in [0.2, 0.25) is 5.75 Å². The smallest absolute Gasteiger partial charge is 0.237 e. The Labute approximate surface area is 644 Å². The maximum atomic E-state index is 16.7. The van der Waals surface area contributed by atoms with Crippen LogP contribution in [0, 0.1) is 43.4 Å². The number of phenolic OH excluding ortho intramolecular Hbond substituents is 2. The number of fused-ring (bicyclic) bond motifs is 6. The van der Waals surface area contributed by atoms with Crippen molar-refractivity contribution < 1.29 is 28.1 Å². The van der Waals surface area contributed by atoms with Crippen LogP contribution in [0.4, 0.5) is 8.78 Å². The Hall–Kier alpha value is -10.7. The molecule has 0 aliphatic heterocycles. The van der Waals surface area contributed by atoms with E-state index in [1.54, 1.807) is 0 Å². The molecule has 12 aromatic carbocycles. The Morgan fingerprint density at radius 3 is 1.17 bits per heavy atom. The van der Waals surface area contributed by atoms with Crippen molar-refractivity contribution in [3.8, 4) is 101 Å². The number of benzene rings is 12. The molecule has 0 saturated carbocycles. The van der Waals surface area contributed by atoms with Gasteiger partial charge in [-0.05, 0) is 219 Å². The molecule has 0 amide bonds. The second kappa shape index (κ2) is 29.4. The summed E-state index contributed by atoms with van der Waals surface area (Å²) >= 11 is 0. The van der Waals surface area contributed by atoms with Crippen molar-refractivity contribution >= 4 is 43.6 Å². The van der Waals surface area contributed by atoms with Gasteiger partial charge in [0.05, 0.1) is 45.6 Å². The zero-order chi connectivity index (χ0) is 77.3. The van der Waals surface area contributed by atoms with Crippen LogP contribution in [0.25, 0.3) is 122 Å². The first-order valence-corrected chi connectivity index (χ1v) is 38.8. The van der Waals surface area contributed by atoms with Crippen LogP contribution in [0.15, 0.2) is 231 Å². The highest BCUT2D eigenvalue weighted by molar-refractivity contribution is 6.13. The number of ether oxygens (including phenoxy) is 1. The van der Waals surface area contributed by atoms with Crippen LogP contribution in [0.5, 0.6) is 23.0 Å². The molecule has 8 heteroatoms. The highest BCUT2D eigenvalue weighted by Crippen LogP contribution is 2.53. The summed E-state index contributed by atoms with van der Waals surface area (Å²) in [5, 5.41) is 31.2. The van der Waals surface area contributed by atoms with Gasteiger partial charge in [-0.1, -0.05) is 255 Å². The van der Waals surface area contributed by atoms with E-state index in [0.29, 0.717) is 87.5 Å². The lowest BCUT2D eigenvalue weighted by Gasteiger charge is -2.34. The number of hydrogen-bond acceptors (Lipinski definition) is 3. The molecule has 0 spiro atoms. The highest BCUT2D eigenvalue weighted by Gasteiger charge is 2.35. The molecule has 6 nitrogen and oxygen atoms in total. The molecule has 14 rings (SSSR count). The zero-order valence-electron chi connectivity index (χ0n) is 66.4. The molecule has 2 heterocycles. The third-order valence-corrected chi connectivity index (χ3v) is 22.1. The van der Waals surface area contributed by atoms with E-state index in [1.807, 2.05) is 32.0 Å². The summed E-state index contributed by atoms with van der Waals surface area (Å²) in [6.45, 7) is 35.8. The minimum absolute atomic E-state index is 0.0000199. The zero-order valence-corrected chi connectivity index (χ0v) is 66.4. The predicted octanol–water partition coefficient (Wildman–Crippen LogP) is 28.8. The summed E-state index contributed by atoms with van der Waals surface area (Å²) in [5.74, 6) is 0.896. The molecule has 0 bridgehead atoms. The quantitative estimate of drug-likeness (QED) is 0.0428. The predicted molar refractivity (Wildman–Crippen MR) is 455 cm³/mol. The number of unbranched alkanes of at least 4 members (excludes halogenated alkanes) is 1. The Morgan fingerprint density at radius 2 is 0.761 bits per heavy atom. The molecule has 0 aliphatic rings. The summed E-state index contributed by atoms with van der Waals surface area (Å²) in [5.41, 5.74) is 20.0. The number of aromatic nitrogens is 2. The van der Waals surface area contributed by atoms with Crippen molar-refractivity contribution in [2.75, 3.05) is 13.2 Å². The minimum atomic E-state index is -0.446. The van der Waals surface area contributed by atoms with Gasteiger partial charge in [0.15, 0.2) is 0 Å². The number of aryl methyl sites for hydroxylation is 2. The molecular weight excluding hydrogens is 1340 g/mol. The number of hydrogen-bond donors (Lipinski definition) is 2. The molecule has 0 aliphatic carbocycles. The van der Waals surface area contributed by atoms with Crippen LogP contribution >= 0.6 is 0 Å². The van der Waals surface area contributed by atoms with E-state index in [0.717, 1.165) is 112 Å². The van der Waals surface area contributed by atoms with Crippen LogP contribution in [-0.4, -0.2) is 32.6 Å².